The first-order valence-electron chi connectivity index (χ1n) is 6.18. The number of benzene rings is 1. The molecule has 0 saturated carbocycles. The molecule has 21 heavy (non-hydrogen) atoms. The summed E-state index contributed by atoms with van der Waals surface area (Å²) in [5.74, 6) is -1.31. The monoisotopic (exact) mass is 291 g/mol. The maximum absolute atomic E-state index is 12.9. The van der Waals surface area contributed by atoms with E-state index < -0.39 is 11.9 Å². The normalized spacial score (nSPS) is 10.2. The Bertz CT molecular complexity index is 665. The molecule has 0 unspecified atom stereocenters. The van der Waals surface area contributed by atoms with E-state index in [4.69, 9.17) is 0 Å². The first-order valence-corrected chi connectivity index (χ1v) is 6.18. The van der Waals surface area contributed by atoms with Gasteiger partial charge in [0.05, 0.1) is 30.3 Å². The van der Waals surface area contributed by atoms with Crippen LogP contribution < -0.4 is 5.32 Å². The lowest BCUT2D eigenvalue weighted by Gasteiger charge is -2.06. The number of aromatic nitrogens is 2. The van der Waals surface area contributed by atoms with Gasteiger partial charge in [-0.3, -0.25) is 9.59 Å². The van der Waals surface area contributed by atoms with E-state index in [9.17, 15) is 14.0 Å². The van der Waals surface area contributed by atoms with Crippen LogP contribution in [0.15, 0.2) is 30.5 Å². The van der Waals surface area contributed by atoms with Crippen molar-refractivity contribution >= 4 is 11.9 Å². The molecule has 0 saturated heterocycles. The fraction of sp³-hybridized carbons (Fsp3) is 0.214. The van der Waals surface area contributed by atoms with E-state index >= 15 is 0 Å². The number of esters is 1. The topological polar surface area (TPSA) is 73.2 Å². The average molecular weight is 291 g/mol. The summed E-state index contributed by atoms with van der Waals surface area (Å²) < 4.78 is 18.9. The highest BCUT2D eigenvalue weighted by Crippen LogP contribution is 2.14. The molecule has 0 radical (unpaired) electrons. The third-order valence-corrected chi connectivity index (χ3v) is 2.95. The summed E-state index contributed by atoms with van der Waals surface area (Å²) in [6.07, 6.45) is 1.39. The molecule has 0 spiro atoms. The lowest BCUT2D eigenvalue weighted by molar-refractivity contribution is -0.139. The Morgan fingerprint density at radius 1 is 1.33 bits per heavy atom. The third-order valence-electron chi connectivity index (χ3n) is 2.95. The fourth-order valence-electron chi connectivity index (χ4n) is 1.79. The summed E-state index contributed by atoms with van der Waals surface area (Å²) in [5.41, 5.74) is 1.56. The molecule has 1 aromatic heterocycles. The minimum Gasteiger partial charge on any atom is -0.468 e. The molecule has 7 heteroatoms. The van der Waals surface area contributed by atoms with E-state index in [-0.39, 0.29) is 12.4 Å². The molecule has 0 aliphatic rings. The first kappa shape index (κ1) is 14.7. The zero-order valence-electron chi connectivity index (χ0n) is 11.6. The minimum atomic E-state index is -0.535. The largest absolute Gasteiger partial charge is 0.468 e. The molecule has 0 atom stereocenters. The van der Waals surface area contributed by atoms with Gasteiger partial charge in [0.1, 0.15) is 12.4 Å². The van der Waals surface area contributed by atoms with Gasteiger partial charge in [-0.05, 0) is 31.2 Å². The number of halogens is 1. The molecule has 0 fully saturated rings. The number of nitrogens with zero attached hydrogens (tertiary/aromatic N) is 2. The molecule has 1 amide bonds. The summed E-state index contributed by atoms with van der Waals surface area (Å²) in [6.45, 7) is 1.50. The molecule has 0 bridgehead atoms. The van der Waals surface area contributed by atoms with Crippen LogP contribution >= 0.6 is 0 Å². The second-order valence-corrected chi connectivity index (χ2v) is 4.29. The number of nitrogens with one attached hydrogen (secondary N) is 1. The van der Waals surface area contributed by atoms with Gasteiger partial charge in [-0.15, -0.1) is 0 Å². The predicted molar refractivity (Wildman–Crippen MR) is 72.6 cm³/mol. The molecule has 110 valence electrons. The van der Waals surface area contributed by atoms with Crippen LogP contribution in [0.3, 0.4) is 0 Å². The van der Waals surface area contributed by atoms with Crippen LogP contribution in [0.5, 0.6) is 0 Å². The average Bonchev–Trinajstić information content (AvgIpc) is 2.87. The molecule has 6 nitrogen and oxygen atoms in total. The Morgan fingerprint density at radius 2 is 2.00 bits per heavy atom. The second-order valence-electron chi connectivity index (χ2n) is 4.29. The summed E-state index contributed by atoms with van der Waals surface area (Å²) in [4.78, 5) is 23.0. The van der Waals surface area contributed by atoms with Crippen LogP contribution in [0.1, 0.15) is 16.1 Å². The maximum Gasteiger partial charge on any atom is 0.325 e. The molecule has 2 aromatic rings. The van der Waals surface area contributed by atoms with Crippen LogP contribution in [0.25, 0.3) is 5.69 Å². The second kappa shape index (κ2) is 6.17. The van der Waals surface area contributed by atoms with Crippen molar-refractivity contribution in [3.8, 4) is 5.69 Å². The first-order chi connectivity index (χ1) is 10.0. The van der Waals surface area contributed by atoms with Gasteiger partial charge in [-0.25, -0.2) is 9.07 Å². The lowest BCUT2D eigenvalue weighted by atomic mass is 10.2. The zero-order chi connectivity index (χ0) is 15.4. The van der Waals surface area contributed by atoms with Crippen LogP contribution in [0.2, 0.25) is 0 Å². The molecule has 1 aromatic carbocycles. The van der Waals surface area contributed by atoms with Crippen LogP contribution in [-0.4, -0.2) is 35.3 Å². The quantitative estimate of drug-likeness (QED) is 0.860. The third kappa shape index (κ3) is 3.25. The highest BCUT2D eigenvalue weighted by atomic mass is 19.1. The SMILES string of the molecule is COC(=O)CNC(=O)c1cnn(-c2ccc(F)cc2)c1C. The molecular weight excluding hydrogens is 277 g/mol. The van der Waals surface area contributed by atoms with Gasteiger partial charge in [-0.2, -0.15) is 5.10 Å². The van der Waals surface area contributed by atoms with Crippen molar-refractivity contribution in [2.75, 3.05) is 13.7 Å². The predicted octanol–water partition coefficient (Wildman–Crippen LogP) is 1.22. The van der Waals surface area contributed by atoms with Crippen molar-refractivity contribution in [1.82, 2.24) is 15.1 Å². The Labute approximate surface area is 120 Å². The van der Waals surface area contributed by atoms with Crippen molar-refractivity contribution in [3.05, 3.63) is 47.5 Å². The van der Waals surface area contributed by atoms with Gasteiger partial charge in [0, 0.05) is 0 Å². The molecule has 1 N–H and O–H groups in total. The van der Waals surface area contributed by atoms with E-state index in [0.717, 1.165) is 0 Å². The van der Waals surface area contributed by atoms with E-state index in [0.29, 0.717) is 16.9 Å². The smallest absolute Gasteiger partial charge is 0.325 e. The molecule has 0 aliphatic heterocycles. The molecule has 1 heterocycles. The lowest BCUT2D eigenvalue weighted by Crippen LogP contribution is -2.30. The number of ether oxygens (including phenoxy) is 1. The fourth-order valence-corrected chi connectivity index (χ4v) is 1.79. The number of hydrogen-bond donors (Lipinski definition) is 1. The number of carbonyl (C=O) groups excluding carboxylic acids is 2. The summed E-state index contributed by atoms with van der Waals surface area (Å²) in [7, 11) is 1.24. The zero-order valence-corrected chi connectivity index (χ0v) is 11.6. The van der Waals surface area contributed by atoms with Crippen LogP contribution in [0.4, 0.5) is 4.39 Å². The van der Waals surface area contributed by atoms with Gasteiger partial charge in [0.2, 0.25) is 0 Å². The van der Waals surface area contributed by atoms with Gasteiger partial charge in [0.15, 0.2) is 0 Å². The standard InChI is InChI=1S/C14H14FN3O3/c1-9-12(14(20)16-8-13(19)21-2)7-17-18(9)11-5-3-10(15)4-6-11/h3-7H,8H2,1-2H3,(H,16,20). The Hall–Kier alpha value is -2.70. The Morgan fingerprint density at radius 3 is 2.62 bits per heavy atom. The van der Waals surface area contributed by atoms with Gasteiger partial charge < -0.3 is 10.1 Å². The Balaban J connectivity index is 2.18. The number of carbonyl (C=O) groups is 2. The number of hydrogen-bond acceptors (Lipinski definition) is 4. The van der Waals surface area contributed by atoms with E-state index in [1.165, 1.54) is 30.1 Å². The van der Waals surface area contributed by atoms with E-state index in [1.54, 1.807) is 19.1 Å². The van der Waals surface area contributed by atoms with Gasteiger partial charge in [-0.1, -0.05) is 0 Å². The van der Waals surface area contributed by atoms with Crippen molar-refractivity contribution < 1.29 is 18.7 Å². The summed E-state index contributed by atoms with van der Waals surface area (Å²) in [5, 5.41) is 6.54. The highest BCUT2D eigenvalue weighted by molar-refractivity contribution is 5.96. The summed E-state index contributed by atoms with van der Waals surface area (Å²) >= 11 is 0. The highest BCUT2D eigenvalue weighted by Gasteiger charge is 2.15. The van der Waals surface area contributed by atoms with Crippen molar-refractivity contribution in [3.63, 3.8) is 0 Å². The maximum atomic E-state index is 12.9. The molecule has 0 aliphatic carbocycles. The van der Waals surface area contributed by atoms with Crippen molar-refractivity contribution in [2.24, 2.45) is 0 Å². The van der Waals surface area contributed by atoms with Crippen LogP contribution in [-0.2, 0) is 9.53 Å². The van der Waals surface area contributed by atoms with Crippen LogP contribution in [0, 0.1) is 12.7 Å². The number of amides is 1. The number of rotatable bonds is 4. The van der Waals surface area contributed by atoms with Crippen molar-refractivity contribution in [2.45, 2.75) is 6.92 Å². The van der Waals surface area contributed by atoms with Gasteiger partial charge in [0.25, 0.3) is 5.91 Å². The molecular formula is C14H14FN3O3. The van der Waals surface area contributed by atoms with E-state index in [1.807, 2.05) is 0 Å². The van der Waals surface area contributed by atoms with E-state index in [2.05, 4.69) is 15.2 Å². The minimum absolute atomic E-state index is 0.212. The van der Waals surface area contributed by atoms with Crippen molar-refractivity contribution in [1.29, 1.82) is 0 Å². The Kier molecular flexibility index (Phi) is 4.32. The number of methoxy groups -OCH3 is 1. The van der Waals surface area contributed by atoms with Gasteiger partial charge >= 0.3 is 5.97 Å². The molecule has 2 rings (SSSR count). The summed E-state index contributed by atoms with van der Waals surface area (Å²) in [6, 6.07) is 5.75.